The predicted molar refractivity (Wildman–Crippen MR) is 202 cm³/mol. The molecule has 0 heterocycles. The number of carbonyl (C=O) groups is 6. The highest BCUT2D eigenvalue weighted by Crippen LogP contribution is 2.21. The van der Waals surface area contributed by atoms with Gasteiger partial charge in [0.2, 0.25) is 35.4 Å². The van der Waals surface area contributed by atoms with Gasteiger partial charge in [-0.1, -0.05) is 95.3 Å². The van der Waals surface area contributed by atoms with Crippen LogP contribution < -0.4 is 37.6 Å². The minimum atomic E-state index is -1.12. The number of benzene rings is 2. The van der Waals surface area contributed by atoms with Crippen molar-refractivity contribution < 1.29 is 28.8 Å². The molecule has 0 aliphatic heterocycles. The largest absolute Gasteiger partial charge is 0.368 e. The minimum absolute atomic E-state index is 0.000782. The Hall–Kier alpha value is -4.78. The molecule has 0 bridgehead atoms. The Labute approximate surface area is 308 Å². The van der Waals surface area contributed by atoms with Crippen molar-refractivity contribution in [1.82, 2.24) is 31.9 Å². The van der Waals surface area contributed by atoms with Gasteiger partial charge >= 0.3 is 0 Å². The Bertz CT molecular complexity index is 1460. The average Bonchev–Trinajstić information content (AvgIpc) is 3.07. The minimum Gasteiger partial charge on any atom is -0.368 e. The molecule has 5 atom stereocenters. The summed E-state index contributed by atoms with van der Waals surface area (Å²) in [4.78, 5) is 79.5. The zero-order chi connectivity index (χ0) is 38.8. The standard InChI is InChI=1S/C39H59N7O6/c1-25(2)22-31(44-35(49)29(42-26(3)47)20-14-15-21-41-7)37(51)46-33(39(4,5)6)38(52)45-32(24-28-18-12-9-13-19-28)36(50)43-30(34(40)48)23-27-16-10-8-11-17-27/h8-13,16-19,25,29-33,41H,14-15,20-24H2,1-7H3,(H2,40,48)(H,42,47)(H,43,50)(H,44,49)(H,45,52)(H,46,51)/t29-,30-,31+,32+,33+/m0/s1. The number of hydrogen-bond donors (Lipinski definition) is 7. The first-order valence-corrected chi connectivity index (χ1v) is 18.0. The number of nitrogens with one attached hydrogen (secondary N) is 6. The monoisotopic (exact) mass is 721 g/mol. The molecule has 2 aromatic carbocycles. The third-order valence-electron chi connectivity index (χ3n) is 8.48. The lowest BCUT2D eigenvalue weighted by Crippen LogP contribution is -2.62. The molecule has 0 unspecified atom stereocenters. The van der Waals surface area contributed by atoms with E-state index < -0.39 is 65.2 Å². The third-order valence-corrected chi connectivity index (χ3v) is 8.48. The molecule has 8 N–H and O–H groups in total. The Morgan fingerprint density at radius 1 is 0.635 bits per heavy atom. The van der Waals surface area contributed by atoms with Crippen LogP contribution in [0.5, 0.6) is 0 Å². The van der Waals surface area contributed by atoms with Crippen LogP contribution in [-0.4, -0.2) is 79.2 Å². The zero-order valence-electron chi connectivity index (χ0n) is 31.7. The fraction of sp³-hybridized carbons (Fsp3) is 0.538. The highest BCUT2D eigenvalue weighted by atomic mass is 16.2. The summed E-state index contributed by atoms with van der Waals surface area (Å²) >= 11 is 0. The van der Waals surface area contributed by atoms with Crippen molar-refractivity contribution in [2.45, 2.75) is 110 Å². The van der Waals surface area contributed by atoms with Crippen LogP contribution >= 0.6 is 0 Å². The van der Waals surface area contributed by atoms with Gasteiger partial charge in [-0.2, -0.15) is 0 Å². The number of unbranched alkanes of at least 4 members (excludes halogenated alkanes) is 1. The van der Waals surface area contributed by atoms with Crippen molar-refractivity contribution in [3.8, 4) is 0 Å². The van der Waals surface area contributed by atoms with Crippen LogP contribution in [0.25, 0.3) is 0 Å². The maximum Gasteiger partial charge on any atom is 0.243 e. The van der Waals surface area contributed by atoms with Crippen molar-refractivity contribution in [3.63, 3.8) is 0 Å². The van der Waals surface area contributed by atoms with Crippen molar-refractivity contribution >= 4 is 35.4 Å². The van der Waals surface area contributed by atoms with Crippen molar-refractivity contribution in [2.75, 3.05) is 13.6 Å². The Morgan fingerprint density at radius 3 is 1.60 bits per heavy atom. The second-order valence-corrected chi connectivity index (χ2v) is 14.8. The van der Waals surface area contributed by atoms with Crippen LogP contribution in [0, 0.1) is 11.3 Å². The highest BCUT2D eigenvalue weighted by molar-refractivity contribution is 5.96. The molecule has 0 aliphatic carbocycles. The van der Waals surface area contributed by atoms with Gasteiger partial charge in [-0.15, -0.1) is 0 Å². The van der Waals surface area contributed by atoms with Gasteiger partial charge in [0.25, 0.3) is 0 Å². The molecule has 6 amide bonds. The molecule has 0 saturated heterocycles. The van der Waals surface area contributed by atoms with E-state index in [1.807, 2.05) is 81.6 Å². The lowest BCUT2D eigenvalue weighted by atomic mass is 9.85. The number of hydrogen-bond acceptors (Lipinski definition) is 7. The number of carbonyl (C=O) groups excluding carboxylic acids is 6. The first kappa shape index (κ1) is 43.4. The van der Waals surface area contributed by atoms with Gasteiger partial charge < -0.3 is 37.6 Å². The number of amides is 6. The van der Waals surface area contributed by atoms with E-state index in [9.17, 15) is 28.8 Å². The maximum absolute atomic E-state index is 14.1. The zero-order valence-corrected chi connectivity index (χ0v) is 31.7. The molecular weight excluding hydrogens is 662 g/mol. The van der Waals surface area contributed by atoms with E-state index in [1.54, 1.807) is 20.8 Å². The van der Waals surface area contributed by atoms with Gasteiger partial charge in [0, 0.05) is 19.8 Å². The summed E-state index contributed by atoms with van der Waals surface area (Å²) in [5.74, 6) is -3.38. The summed E-state index contributed by atoms with van der Waals surface area (Å²) in [6, 6.07) is 13.1. The van der Waals surface area contributed by atoms with Crippen molar-refractivity contribution in [1.29, 1.82) is 0 Å². The highest BCUT2D eigenvalue weighted by Gasteiger charge is 2.38. The summed E-state index contributed by atoms with van der Waals surface area (Å²) in [6.45, 7) is 11.3. The molecular formula is C39H59N7O6. The summed E-state index contributed by atoms with van der Waals surface area (Å²) < 4.78 is 0. The van der Waals surface area contributed by atoms with Crippen LogP contribution in [0.3, 0.4) is 0 Å². The smallest absolute Gasteiger partial charge is 0.243 e. The lowest BCUT2D eigenvalue weighted by molar-refractivity contribution is -0.136. The van der Waals surface area contributed by atoms with Gasteiger partial charge in [0.05, 0.1) is 0 Å². The third kappa shape index (κ3) is 15.6. The number of nitrogens with two attached hydrogens (primary N) is 1. The second-order valence-electron chi connectivity index (χ2n) is 14.8. The van der Waals surface area contributed by atoms with Crippen LogP contribution in [0.15, 0.2) is 60.7 Å². The van der Waals surface area contributed by atoms with E-state index in [-0.39, 0.29) is 31.1 Å². The molecule has 0 aliphatic rings. The lowest BCUT2D eigenvalue weighted by Gasteiger charge is -2.33. The molecule has 13 nitrogen and oxygen atoms in total. The molecule has 0 aromatic heterocycles. The first-order chi connectivity index (χ1) is 24.5. The Kier molecular flexibility index (Phi) is 18.0. The topological polar surface area (TPSA) is 201 Å². The summed E-state index contributed by atoms with van der Waals surface area (Å²) in [6.07, 6.45) is 2.41. The van der Waals surface area contributed by atoms with Gasteiger partial charge in [-0.25, -0.2) is 0 Å². The van der Waals surface area contributed by atoms with E-state index in [0.29, 0.717) is 12.8 Å². The predicted octanol–water partition coefficient (Wildman–Crippen LogP) is 1.88. The van der Waals surface area contributed by atoms with Gasteiger partial charge in [-0.3, -0.25) is 28.8 Å². The van der Waals surface area contributed by atoms with E-state index >= 15 is 0 Å². The normalized spacial score (nSPS) is 14.2. The van der Waals surface area contributed by atoms with Gasteiger partial charge in [0.15, 0.2) is 0 Å². The Morgan fingerprint density at radius 2 is 1.12 bits per heavy atom. The van der Waals surface area contributed by atoms with Crippen molar-refractivity contribution in [3.05, 3.63) is 71.8 Å². The molecule has 2 aromatic rings. The quantitative estimate of drug-likeness (QED) is 0.0955. The maximum atomic E-state index is 14.1. The van der Waals surface area contributed by atoms with Crippen molar-refractivity contribution in [2.24, 2.45) is 17.1 Å². The molecule has 13 heteroatoms. The summed E-state index contributed by atoms with van der Waals surface area (Å²) in [7, 11) is 1.84. The molecule has 0 spiro atoms. The van der Waals surface area contributed by atoms with E-state index in [1.165, 1.54) is 6.92 Å². The molecule has 0 saturated carbocycles. The average molecular weight is 722 g/mol. The van der Waals surface area contributed by atoms with Crippen LogP contribution in [0.4, 0.5) is 0 Å². The number of primary amides is 1. The van der Waals surface area contributed by atoms with Crippen LogP contribution in [0.1, 0.15) is 78.4 Å². The molecule has 286 valence electrons. The molecule has 52 heavy (non-hydrogen) atoms. The van der Waals surface area contributed by atoms with E-state index in [4.69, 9.17) is 5.73 Å². The molecule has 0 radical (unpaired) electrons. The number of rotatable bonds is 21. The van der Waals surface area contributed by atoms with E-state index in [0.717, 1.165) is 24.1 Å². The fourth-order valence-corrected chi connectivity index (χ4v) is 5.72. The molecule has 2 rings (SSSR count). The van der Waals surface area contributed by atoms with Crippen LogP contribution in [-0.2, 0) is 41.6 Å². The summed E-state index contributed by atoms with van der Waals surface area (Å²) in [5, 5.41) is 16.9. The van der Waals surface area contributed by atoms with E-state index in [2.05, 4.69) is 31.9 Å². The SMILES string of the molecule is CNCCCC[C@H](NC(C)=O)C(=O)N[C@H](CC(C)C)C(=O)N[C@H](C(=O)N[C@H](Cc1ccccc1)C(=O)N[C@@H](Cc1ccccc1)C(N)=O)C(C)(C)C. The van der Waals surface area contributed by atoms with Gasteiger partial charge in [-0.05, 0) is 61.7 Å². The fourth-order valence-electron chi connectivity index (χ4n) is 5.72. The molecule has 0 fully saturated rings. The van der Waals surface area contributed by atoms with Crippen LogP contribution in [0.2, 0.25) is 0 Å². The van der Waals surface area contributed by atoms with Gasteiger partial charge in [0.1, 0.15) is 30.2 Å². The second kappa shape index (κ2) is 21.6. The summed E-state index contributed by atoms with van der Waals surface area (Å²) in [5.41, 5.74) is 6.42. The Balaban J connectivity index is 2.32. The first-order valence-electron chi connectivity index (χ1n) is 18.0.